The molecule has 1 fully saturated rings. The first-order chi connectivity index (χ1) is 11.2. The smallest absolute Gasteiger partial charge is 0.196 e. The molecule has 1 saturated heterocycles. The van der Waals surface area contributed by atoms with Crippen LogP contribution in [0.2, 0.25) is 0 Å². The second-order valence-electron chi connectivity index (χ2n) is 5.56. The average molecular weight is 327 g/mol. The molecular formula is C18H17NO3S. The Morgan fingerprint density at radius 1 is 1.13 bits per heavy atom. The van der Waals surface area contributed by atoms with E-state index in [4.69, 9.17) is 9.47 Å². The van der Waals surface area contributed by atoms with E-state index >= 15 is 0 Å². The van der Waals surface area contributed by atoms with Crippen molar-refractivity contribution in [3.63, 3.8) is 0 Å². The molecule has 1 aromatic heterocycles. The maximum Gasteiger partial charge on any atom is 0.196 e. The molecule has 2 aliphatic heterocycles. The number of aromatic hydroxyl groups is 1. The monoisotopic (exact) mass is 327 g/mol. The SMILES string of the molecule is C=C1C=C(N2CCOCC2)Oc2c(-c3ccc(O)cc3)csc21. The van der Waals surface area contributed by atoms with Gasteiger partial charge in [0.1, 0.15) is 5.75 Å². The first-order valence-electron chi connectivity index (χ1n) is 7.55. The summed E-state index contributed by atoms with van der Waals surface area (Å²) in [5, 5.41) is 11.6. The number of benzene rings is 1. The number of thiophene rings is 1. The van der Waals surface area contributed by atoms with Crippen molar-refractivity contribution >= 4 is 16.9 Å². The highest BCUT2D eigenvalue weighted by atomic mass is 32.1. The fourth-order valence-electron chi connectivity index (χ4n) is 2.80. The van der Waals surface area contributed by atoms with Crippen molar-refractivity contribution in [2.75, 3.05) is 26.3 Å². The lowest BCUT2D eigenvalue weighted by atomic mass is 10.1. The molecule has 5 heteroatoms. The Hall–Kier alpha value is -2.24. The number of allylic oxidation sites excluding steroid dienone is 2. The molecule has 0 atom stereocenters. The van der Waals surface area contributed by atoms with Crippen LogP contribution in [0.5, 0.6) is 11.5 Å². The van der Waals surface area contributed by atoms with Crippen LogP contribution < -0.4 is 4.74 Å². The molecule has 0 saturated carbocycles. The van der Waals surface area contributed by atoms with Crippen LogP contribution >= 0.6 is 11.3 Å². The van der Waals surface area contributed by atoms with E-state index in [1.807, 2.05) is 18.2 Å². The van der Waals surface area contributed by atoms with E-state index in [-0.39, 0.29) is 5.75 Å². The quantitative estimate of drug-likeness (QED) is 0.913. The topological polar surface area (TPSA) is 41.9 Å². The fraction of sp³-hybridized carbons (Fsp3) is 0.222. The summed E-state index contributed by atoms with van der Waals surface area (Å²) in [5.74, 6) is 1.95. The van der Waals surface area contributed by atoms with Gasteiger partial charge in [0.15, 0.2) is 11.6 Å². The van der Waals surface area contributed by atoms with Crippen LogP contribution in [0.15, 0.2) is 48.2 Å². The maximum absolute atomic E-state index is 9.48. The van der Waals surface area contributed by atoms with Crippen molar-refractivity contribution in [1.82, 2.24) is 4.90 Å². The zero-order chi connectivity index (χ0) is 15.8. The lowest BCUT2D eigenvalue weighted by Gasteiger charge is -2.32. The molecule has 0 amide bonds. The van der Waals surface area contributed by atoms with Gasteiger partial charge in [-0.15, -0.1) is 11.3 Å². The number of rotatable bonds is 2. The third-order valence-corrected chi connectivity index (χ3v) is 5.08. The summed E-state index contributed by atoms with van der Waals surface area (Å²) >= 11 is 1.63. The van der Waals surface area contributed by atoms with Gasteiger partial charge in [0.05, 0.1) is 18.1 Å². The van der Waals surface area contributed by atoms with Gasteiger partial charge in [0.25, 0.3) is 0 Å². The summed E-state index contributed by atoms with van der Waals surface area (Å²) in [4.78, 5) is 3.25. The predicted molar refractivity (Wildman–Crippen MR) is 91.6 cm³/mol. The van der Waals surface area contributed by atoms with Crippen LogP contribution in [0, 0.1) is 0 Å². The molecule has 0 unspecified atom stereocenters. The Kier molecular flexibility index (Phi) is 3.59. The van der Waals surface area contributed by atoms with Gasteiger partial charge in [-0.1, -0.05) is 18.7 Å². The molecule has 23 heavy (non-hydrogen) atoms. The summed E-state index contributed by atoms with van der Waals surface area (Å²) in [7, 11) is 0. The molecule has 1 N–H and O–H groups in total. The van der Waals surface area contributed by atoms with Crippen LogP contribution in [-0.2, 0) is 4.74 Å². The maximum atomic E-state index is 9.48. The summed E-state index contributed by atoms with van der Waals surface area (Å²) in [6, 6.07) is 7.18. The third kappa shape index (κ3) is 2.62. The summed E-state index contributed by atoms with van der Waals surface area (Å²) in [6.07, 6.45) is 2.00. The third-order valence-electron chi connectivity index (χ3n) is 4.04. The molecule has 118 valence electrons. The lowest BCUT2D eigenvalue weighted by Crippen LogP contribution is -2.37. The van der Waals surface area contributed by atoms with Gasteiger partial charge >= 0.3 is 0 Å². The molecule has 3 heterocycles. The predicted octanol–water partition coefficient (Wildman–Crippen LogP) is 3.70. The van der Waals surface area contributed by atoms with Crippen LogP contribution in [0.3, 0.4) is 0 Å². The number of phenolic OH excluding ortho intramolecular Hbond substituents is 1. The van der Waals surface area contributed by atoms with E-state index in [0.29, 0.717) is 13.2 Å². The summed E-state index contributed by atoms with van der Waals surface area (Å²) in [5.41, 5.74) is 3.03. The Morgan fingerprint density at radius 2 is 1.87 bits per heavy atom. The summed E-state index contributed by atoms with van der Waals surface area (Å²) in [6.45, 7) is 7.26. The van der Waals surface area contributed by atoms with Gasteiger partial charge in [0.2, 0.25) is 0 Å². The second kappa shape index (κ2) is 5.76. The zero-order valence-electron chi connectivity index (χ0n) is 12.6. The Labute approximate surface area is 138 Å². The number of hydrogen-bond acceptors (Lipinski definition) is 5. The average Bonchev–Trinajstić information content (AvgIpc) is 3.01. The van der Waals surface area contributed by atoms with Crippen molar-refractivity contribution in [1.29, 1.82) is 0 Å². The largest absolute Gasteiger partial charge is 0.508 e. The van der Waals surface area contributed by atoms with Gasteiger partial charge in [-0.3, -0.25) is 0 Å². The number of morpholine rings is 1. The van der Waals surface area contributed by atoms with Crippen LogP contribution in [0.1, 0.15) is 4.88 Å². The first kappa shape index (κ1) is 14.4. The number of nitrogens with zero attached hydrogens (tertiary/aromatic N) is 1. The fourth-order valence-corrected chi connectivity index (χ4v) is 3.75. The molecule has 0 spiro atoms. The van der Waals surface area contributed by atoms with Crippen molar-refractivity contribution in [2.45, 2.75) is 0 Å². The number of ether oxygens (including phenoxy) is 2. The molecule has 2 aliphatic rings. The Bertz CT molecular complexity index is 770. The highest BCUT2D eigenvalue weighted by Gasteiger charge is 2.26. The Morgan fingerprint density at radius 3 is 2.61 bits per heavy atom. The highest BCUT2D eigenvalue weighted by Crippen LogP contribution is 2.46. The van der Waals surface area contributed by atoms with Gasteiger partial charge < -0.3 is 19.5 Å². The van der Waals surface area contributed by atoms with E-state index in [1.165, 1.54) is 0 Å². The minimum atomic E-state index is 0.261. The van der Waals surface area contributed by atoms with Crippen molar-refractivity contribution < 1.29 is 14.6 Å². The van der Waals surface area contributed by atoms with Gasteiger partial charge in [0, 0.05) is 30.1 Å². The normalized spacial score (nSPS) is 17.5. The molecule has 0 bridgehead atoms. The van der Waals surface area contributed by atoms with E-state index < -0.39 is 0 Å². The standard InChI is InChI=1S/C18H17NO3S/c1-12-10-16(19-6-8-21-9-7-19)22-17-15(11-23-18(12)17)13-2-4-14(20)5-3-13/h2-5,10-11,20H,1,6-9H2. The lowest BCUT2D eigenvalue weighted by molar-refractivity contribution is 0.0348. The van der Waals surface area contributed by atoms with E-state index in [9.17, 15) is 5.11 Å². The molecular weight excluding hydrogens is 310 g/mol. The van der Waals surface area contributed by atoms with E-state index in [0.717, 1.165) is 46.3 Å². The first-order valence-corrected chi connectivity index (χ1v) is 8.43. The van der Waals surface area contributed by atoms with Crippen LogP contribution in [-0.4, -0.2) is 36.3 Å². The molecule has 0 radical (unpaired) electrons. The number of phenols is 1. The zero-order valence-corrected chi connectivity index (χ0v) is 13.4. The second-order valence-corrected chi connectivity index (χ2v) is 6.44. The van der Waals surface area contributed by atoms with Crippen LogP contribution in [0.4, 0.5) is 0 Å². The van der Waals surface area contributed by atoms with Crippen LogP contribution in [0.25, 0.3) is 16.7 Å². The molecule has 4 rings (SSSR count). The van der Waals surface area contributed by atoms with Gasteiger partial charge in [-0.2, -0.15) is 0 Å². The Balaban J connectivity index is 1.69. The molecule has 0 aliphatic carbocycles. The van der Waals surface area contributed by atoms with Crippen molar-refractivity contribution in [3.8, 4) is 22.6 Å². The summed E-state index contributed by atoms with van der Waals surface area (Å²) < 4.78 is 11.6. The minimum Gasteiger partial charge on any atom is -0.508 e. The van der Waals surface area contributed by atoms with E-state index in [1.54, 1.807) is 23.5 Å². The van der Waals surface area contributed by atoms with Gasteiger partial charge in [-0.25, -0.2) is 0 Å². The van der Waals surface area contributed by atoms with Crippen molar-refractivity contribution in [3.05, 3.63) is 53.1 Å². The van der Waals surface area contributed by atoms with E-state index in [2.05, 4.69) is 16.9 Å². The minimum absolute atomic E-state index is 0.261. The highest BCUT2D eigenvalue weighted by molar-refractivity contribution is 7.12. The molecule has 2 aromatic rings. The number of fused-ring (bicyclic) bond motifs is 1. The molecule has 1 aromatic carbocycles. The van der Waals surface area contributed by atoms with Gasteiger partial charge in [-0.05, 0) is 23.3 Å². The molecule has 4 nitrogen and oxygen atoms in total. The van der Waals surface area contributed by atoms with Crippen molar-refractivity contribution in [2.24, 2.45) is 0 Å². The number of hydrogen-bond donors (Lipinski definition) is 1.